The van der Waals surface area contributed by atoms with E-state index in [1.807, 2.05) is 0 Å². The number of terminal acetylenes is 1. The molecule has 1 aromatic rings. The first kappa shape index (κ1) is 22.4. The van der Waals surface area contributed by atoms with E-state index in [9.17, 15) is 22.8 Å². The van der Waals surface area contributed by atoms with E-state index < -0.39 is 41.8 Å². The largest absolute Gasteiger partial charge is 0.429 e. The van der Waals surface area contributed by atoms with Crippen molar-refractivity contribution in [3.8, 4) is 18.1 Å². The van der Waals surface area contributed by atoms with Crippen LogP contribution >= 0.6 is 11.6 Å². The quantitative estimate of drug-likeness (QED) is 0.311. The molecule has 1 aromatic carbocycles. The molecule has 2 amide bonds. The molecule has 29 heavy (non-hydrogen) atoms. The number of benzene rings is 1. The third-order valence-electron chi connectivity index (χ3n) is 4.21. The summed E-state index contributed by atoms with van der Waals surface area (Å²) in [5.74, 6) is -2.66. The number of amides is 2. The lowest BCUT2D eigenvalue weighted by molar-refractivity contribution is -0.135. The highest BCUT2D eigenvalue weighted by atomic mass is 35.5. The van der Waals surface area contributed by atoms with E-state index in [1.165, 1.54) is 29.1 Å². The van der Waals surface area contributed by atoms with Crippen LogP contribution in [0.1, 0.15) is 0 Å². The number of ether oxygens (including phenoxy) is 1. The molecule has 0 saturated carbocycles. The highest BCUT2D eigenvalue weighted by molar-refractivity contribution is 6.69. The molecule has 0 aliphatic carbocycles. The number of nitrogens with zero attached hydrogens (tertiary/aromatic N) is 3. The van der Waals surface area contributed by atoms with Crippen molar-refractivity contribution < 1.29 is 27.5 Å². The van der Waals surface area contributed by atoms with E-state index in [-0.39, 0.29) is 23.9 Å². The molecule has 0 unspecified atom stereocenters. The number of anilines is 1. The molecule has 11 heteroatoms. The van der Waals surface area contributed by atoms with Gasteiger partial charge in [0.05, 0.1) is 5.69 Å². The number of hydrogen-bond acceptors (Lipinski definition) is 5. The second kappa shape index (κ2) is 9.52. The van der Waals surface area contributed by atoms with Crippen LogP contribution < -0.4 is 10.1 Å². The van der Waals surface area contributed by atoms with Gasteiger partial charge in [0.25, 0.3) is 0 Å². The van der Waals surface area contributed by atoms with Gasteiger partial charge in [0, 0.05) is 33.1 Å². The number of carbonyl (C=O) groups excluding carboxylic acids is 2. The third kappa shape index (κ3) is 5.54. The Morgan fingerprint density at radius 3 is 2.86 bits per heavy atom. The van der Waals surface area contributed by atoms with Gasteiger partial charge in [0.1, 0.15) is 5.92 Å². The third-order valence-corrected chi connectivity index (χ3v) is 4.40. The summed E-state index contributed by atoms with van der Waals surface area (Å²) < 4.78 is 43.1. The Balaban J connectivity index is 2.23. The summed E-state index contributed by atoms with van der Waals surface area (Å²) in [7, 11) is 3.09. The molecule has 7 nitrogen and oxygen atoms in total. The Bertz CT molecular complexity index is 859. The van der Waals surface area contributed by atoms with Crippen LogP contribution in [0.4, 0.5) is 18.9 Å². The van der Waals surface area contributed by atoms with Crippen molar-refractivity contribution in [3.05, 3.63) is 24.0 Å². The number of para-hydroxylation sites is 1. The summed E-state index contributed by atoms with van der Waals surface area (Å²) in [6, 6.07) is 3.32. The number of carbonyl (C=O) groups is 2. The van der Waals surface area contributed by atoms with Gasteiger partial charge in [0.15, 0.2) is 16.7 Å². The molecule has 0 radical (unpaired) electrons. The fraction of sp³-hybridized carbons (Fsp3) is 0.389. The summed E-state index contributed by atoms with van der Waals surface area (Å²) in [5.41, 5.74) is -0.307. The van der Waals surface area contributed by atoms with Crippen LogP contribution in [0.2, 0.25) is 0 Å². The minimum absolute atomic E-state index is 0.0975. The van der Waals surface area contributed by atoms with E-state index in [1.54, 1.807) is 7.05 Å². The van der Waals surface area contributed by atoms with Crippen LogP contribution in [0.25, 0.3) is 0 Å². The first-order chi connectivity index (χ1) is 13.6. The SMILES string of the molecule is C#C/C(Cl)=N\N(C)C[C@H]1CN(C)C(=O)[C@@H]1C(=O)Nc1cccc(F)c1OC(F)F. The van der Waals surface area contributed by atoms with Crippen LogP contribution in [0.3, 0.4) is 0 Å². The fourth-order valence-electron chi connectivity index (χ4n) is 3.06. The number of alkyl halides is 2. The van der Waals surface area contributed by atoms with Gasteiger partial charge in [-0.1, -0.05) is 17.7 Å². The van der Waals surface area contributed by atoms with Gasteiger partial charge in [-0.2, -0.15) is 13.9 Å². The van der Waals surface area contributed by atoms with Crippen LogP contribution in [0, 0.1) is 30.0 Å². The number of hydrazone groups is 1. The summed E-state index contributed by atoms with van der Waals surface area (Å²) in [6.45, 7) is -2.88. The zero-order chi connectivity index (χ0) is 21.7. The lowest BCUT2D eigenvalue weighted by Crippen LogP contribution is -2.36. The van der Waals surface area contributed by atoms with Crippen molar-refractivity contribution in [3.63, 3.8) is 0 Å². The van der Waals surface area contributed by atoms with Crippen LogP contribution in [0.15, 0.2) is 23.3 Å². The van der Waals surface area contributed by atoms with Gasteiger partial charge in [-0.05, 0) is 18.1 Å². The van der Waals surface area contributed by atoms with E-state index in [2.05, 4.69) is 21.1 Å². The van der Waals surface area contributed by atoms with Crippen molar-refractivity contribution in [2.24, 2.45) is 16.9 Å². The average molecular weight is 431 g/mol. The number of nitrogens with one attached hydrogen (secondary N) is 1. The highest BCUT2D eigenvalue weighted by Gasteiger charge is 2.44. The molecule has 2 rings (SSSR count). The first-order valence-corrected chi connectivity index (χ1v) is 8.72. The van der Waals surface area contributed by atoms with Crippen LogP contribution in [0.5, 0.6) is 5.75 Å². The molecule has 1 fully saturated rings. The van der Waals surface area contributed by atoms with Crippen LogP contribution in [-0.2, 0) is 9.59 Å². The zero-order valence-electron chi connectivity index (χ0n) is 15.5. The molecule has 2 atom stereocenters. The van der Waals surface area contributed by atoms with Crippen molar-refractivity contribution >= 4 is 34.3 Å². The van der Waals surface area contributed by atoms with E-state index in [0.29, 0.717) is 0 Å². The molecule has 0 aromatic heterocycles. The molecule has 1 aliphatic heterocycles. The standard InChI is InChI=1S/C18H18ClF3N4O3/c1-4-13(19)24-26(3)9-10-8-25(2)17(28)14(10)16(27)23-12-7-5-6-11(20)15(12)29-18(21)22/h1,5-7,10,14,18H,8-9H2,2-3H3,(H,23,27)/b24-13+/t10-,14+/m1/s1. The molecule has 0 bridgehead atoms. The van der Waals surface area contributed by atoms with E-state index in [0.717, 1.165) is 6.07 Å². The maximum Gasteiger partial charge on any atom is 0.387 e. The second-order valence-electron chi connectivity index (χ2n) is 6.32. The first-order valence-electron chi connectivity index (χ1n) is 8.35. The van der Waals surface area contributed by atoms with Crippen molar-refractivity contribution in [1.82, 2.24) is 9.91 Å². The molecule has 1 aliphatic rings. The Morgan fingerprint density at radius 2 is 2.24 bits per heavy atom. The van der Waals surface area contributed by atoms with Crippen molar-refractivity contribution in [2.45, 2.75) is 6.61 Å². The number of likely N-dealkylation sites (tertiary alicyclic amines) is 1. The van der Waals surface area contributed by atoms with Gasteiger partial charge < -0.3 is 15.0 Å². The molecule has 156 valence electrons. The maximum absolute atomic E-state index is 13.8. The Morgan fingerprint density at radius 1 is 1.55 bits per heavy atom. The predicted octanol–water partition coefficient (Wildman–Crippen LogP) is 2.19. The van der Waals surface area contributed by atoms with E-state index >= 15 is 0 Å². The molecule has 1 saturated heterocycles. The van der Waals surface area contributed by atoms with E-state index in [4.69, 9.17) is 18.0 Å². The minimum Gasteiger partial charge on any atom is -0.429 e. The topological polar surface area (TPSA) is 74.2 Å². The monoisotopic (exact) mass is 430 g/mol. The summed E-state index contributed by atoms with van der Waals surface area (Å²) in [5, 5.41) is 7.52. The fourth-order valence-corrected chi connectivity index (χ4v) is 3.19. The number of halogens is 4. The lowest BCUT2D eigenvalue weighted by Gasteiger charge is -2.21. The summed E-state index contributed by atoms with van der Waals surface area (Å²) in [4.78, 5) is 26.6. The molecular weight excluding hydrogens is 413 g/mol. The Hall–Kier alpha value is -2.93. The van der Waals surface area contributed by atoms with Gasteiger partial charge in [-0.3, -0.25) is 14.6 Å². The molecule has 1 N–H and O–H groups in total. The maximum atomic E-state index is 13.8. The summed E-state index contributed by atoms with van der Waals surface area (Å²) in [6.07, 6.45) is 5.13. The average Bonchev–Trinajstić information content (AvgIpc) is 2.91. The molecule has 0 spiro atoms. The summed E-state index contributed by atoms with van der Waals surface area (Å²) >= 11 is 5.69. The predicted molar refractivity (Wildman–Crippen MR) is 101 cm³/mol. The minimum atomic E-state index is -3.29. The normalized spacial score (nSPS) is 19.3. The van der Waals surface area contributed by atoms with Gasteiger partial charge >= 0.3 is 6.61 Å². The van der Waals surface area contributed by atoms with Crippen molar-refractivity contribution in [2.75, 3.05) is 32.5 Å². The van der Waals surface area contributed by atoms with Gasteiger partial charge in [-0.15, -0.1) is 6.42 Å². The zero-order valence-corrected chi connectivity index (χ0v) is 16.3. The Labute approximate surface area is 170 Å². The number of hydrogen-bond donors (Lipinski definition) is 1. The smallest absolute Gasteiger partial charge is 0.387 e. The second-order valence-corrected chi connectivity index (χ2v) is 6.67. The van der Waals surface area contributed by atoms with Crippen LogP contribution in [-0.4, -0.2) is 60.7 Å². The van der Waals surface area contributed by atoms with Gasteiger partial charge in [0.2, 0.25) is 11.8 Å². The molecular formula is C18H18ClF3N4O3. The Kier molecular flexibility index (Phi) is 7.34. The lowest BCUT2D eigenvalue weighted by atomic mass is 9.94. The highest BCUT2D eigenvalue weighted by Crippen LogP contribution is 2.32. The van der Waals surface area contributed by atoms with Gasteiger partial charge in [-0.25, -0.2) is 4.39 Å². The number of rotatable bonds is 7. The molecule has 1 heterocycles. The van der Waals surface area contributed by atoms with Crippen molar-refractivity contribution in [1.29, 1.82) is 0 Å².